The van der Waals surface area contributed by atoms with Crippen LogP contribution in [0.25, 0.3) is 0 Å². The van der Waals surface area contributed by atoms with E-state index in [9.17, 15) is 0 Å². The van der Waals surface area contributed by atoms with E-state index in [0.29, 0.717) is 12.6 Å². The lowest BCUT2D eigenvalue weighted by atomic mass is 10.2. The molecule has 11 heavy (non-hydrogen) atoms. The molecule has 0 saturated carbocycles. The summed E-state index contributed by atoms with van der Waals surface area (Å²) in [5.74, 6) is 6.18. The molecule has 0 spiro atoms. The summed E-state index contributed by atoms with van der Waals surface area (Å²) in [6, 6.07) is 0.526. The molecule has 1 rings (SSSR count). The van der Waals surface area contributed by atoms with Gasteiger partial charge in [0.1, 0.15) is 0 Å². The molecule has 0 unspecified atom stereocenters. The number of hydrogen-bond acceptors (Lipinski definition) is 1. The van der Waals surface area contributed by atoms with Crippen molar-refractivity contribution in [3.63, 3.8) is 0 Å². The zero-order valence-corrected chi connectivity index (χ0v) is 7.43. The quantitative estimate of drug-likeness (QED) is 0.390. The molecule has 2 heteroatoms. The largest absolute Gasteiger partial charge is 0.320 e. The minimum absolute atomic E-state index is 0.497. The van der Waals surface area contributed by atoms with Gasteiger partial charge in [0, 0.05) is 12.8 Å². The molecule has 1 saturated heterocycles. The lowest BCUT2D eigenvalue weighted by Gasteiger charge is -2.27. The highest BCUT2D eigenvalue weighted by Crippen LogP contribution is 2.20. The van der Waals surface area contributed by atoms with Crippen LogP contribution in [-0.4, -0.2) is 37.7 Å². The van der Waals surface area contributed by atoms with Gasteiger partial charge in [-0.3, -0.25) is 0 Å². The molecule has 0 aromatic rings. The Kier molecular flexibility index (Phi) is 2.53. The number of likely N-dealkylation sites (tertiary alicyclic amines) is 1. The normalized spacial score (nSPS) is 27.7. The molecule has 0 aliphatic carbocycles. The summed E-state index contributed by atoms with van der Waals surface area (Å²) in [7, 11) is 4.48. The van der Waals surface area contributed by atoms with Gasteiger partial charge in [-0.15, -0.1) is 0 Å². The Morgan fingerprint density at radius 3 is 2.73 bits per heavy atom. The Hall–Kier alpha value is -0.520. The molecule has 1 fully saturated rings. The van der Waals surface area contributed by atoms with E-state index in [0.717, 1.165) is 4.48 Å². The van der Waals surface area contributed by atoms with E-state index in [2.05, 4.69) is 25.9 Å². The number of hydrogen-bond donors (Lipinski definition) is 1. The molecule has 1 heterocycles. The number of quaternary nitrogens is 1. The molecule has 1 aliphatic rings. The van der Waals surface area contributed by atoms with Gasteiger partial charge in [0.15, 0.2) is 6.04 Å². The third kappa shape index (κ3) is 1.95. The number of rotatable bonds is 0. The summed E-state index contributed by atoms with van der Waals surface area (Å²) in [6.07, 6.45) is 2.54. The van der Waals surface area contributed by atoms with Gasteiger partial charge in [-0.2, -0.15) is 0 Å². The summed E-state index contributed by atoms with van der Waals surface area (Å²) in [5.41, 5.74) is 5.31. The Labute approximate surface area is 69.0 Å². The first-order chi connectivity index (χ1) is 5.17. The van der Waals surface area contributed by atoms with Crippen molar-refractivity contribution in [2.45, 2.75) is 18.9 Å². The third-order valence-electron chi connectivity index (χ3n) is 2.43. The fourth-order valence-electron chi connectivity index (χ4n) is 1.62. The average molecular weight is 153 g/mol. The molecule has 0 radical (unpaired) electrons. The predicted octanol–water partition coefficient (Wildman–Crippen LogP) is 0.187. The van der Waals surface area contributed by atoms with Crippen LogP contribution in [0.4, 0.5) is 0 Å². The van der Waals surface area contributed by atoms with E-state index in [1.165, 1.54) is 19.4 Å². The lowest BCUT2D eigenvalue weighted by Crippen LogP contribution is -2.43. The number of nitrogens with zero attached hydrogens (tertiary/aromatic N) is 1. The smallest absolute Gasteiger partial charge is 0.150 e. The van der Waals surface area contributed by atoms with Crippen molar-refractivity contribution in [2.24, 2.45) is 5.73 Å². The van der Waals surface area contributed by atoms with Gasteiger partial charge in [-0.1, -0.05) is 5.92 Å². The first-order valence-electron chi connectivity index (χ1n) is 4.18. The Morgan fingerprint density at radius 2 is 2.27 bits per heavy atom. The van der Waals surface area contributed by atoms with Crippen LogP contribution in [0.1, 0.15) is 12.8 Å². The fraction of sp³-hybridized carbons (Fsp3) is 0.778. The molecule has 1 aliphatic heterocycles. The van der Waals surface area contributed by atoms with Gasteiger partial charge in [0.05, 0.1) is 27.2 Å². The second-order valence-corrected chi connectivity index (χ2v) is 3.69. The van der Waals surface area contributed by atoms with E-state index in [4.69, 9.17) is 5.73 Å². The van der Waals surface area contributed by atoms with E-state index >= 15 is 0 Å². The predicted molar refractivity (Wildman–Crippen MR) is 46.8 cm³/mol. The maximum absolute atomic E-state index is 5.31. The molecule has 0 aromatic heterocycles. The molecule has 0 bridgehead atoms. The van der Waals surface area contributed by atoms with Crippen molar-refractivity contribution < 1.29 is 4.48 Å². The summed E-state index contributed by atoms with van der Waals surface area (Å²) in [4.78, 5) is 0. The fourth-order valence-corrected chi connectivity index (χ4v) is 1.62. The summed E-state index contributed by atoms with van der Waals surface area (Å²) in [6.45, 7) is 1.75. The van der Waals surface area contributed by atoms with Crippen LogP contribution < -0.4 is 5.73 Å². The highest BCUT2D eigenvalue weighted by Gasteiger charge is 2.32. The van der Waals surface area contributed by atoms with Crippen molar-refractivity contribution in [1.29, 1.82) is 0 Å². The molecule has 2 nitrogen and oxygen atoms in total. The summed E-state index contributed by atoms with van der Waals surface area (Å²) >= 11 is 0. The average Bonchev–Trinajstić information content (AvgIpc) is 2.25. The Morgan fingerprint density at radius 1 is 1.55 bits per heavy atom. The molecule has 0 aromatic carbocycles. The van der Waals surface area contributed by atoms with Crippen LogP contribution >= 0.6 is 0 Å². The van der Waals surface area contributed by atoms with Crippen molar-refractivity contribution >= 4 is 0 Å². The van der Waals surface area contributed by atoms with Crippen molar-refractivity contribution in [1.82, 2.24) is 0 Å². The van der Waals surface area contributed by atoms with Crippen LogP contribution in [0.2, 0.25) is 0 Å². The monoisotopic (exact) mass is 153 g/mol. The maximum atomic E-state index is 5.31. The molecule has 1 atom stereocenters. The highest BCUT2D eigenvalue weighted by atomic mass is 15.3. The van der Waals surface area contributed by atoms with Gasteiger partial charge < -0.3 is 10.2 Å². The van der Waals surface area contributed by atoms with Crippen molar-refractivity contribution in [3.05, 3.63) is 0 Å². The highest BCUT2D eigenvalue weighted by molar-refractivity contribution is 5.07. The number of nitrogens with two attached hydrogens (primary N) is 1. The minimum atomic E-state index is 0.497. The van der Waals surface area contributed by atoms with E-state index in [1.54, 1.807) is 0 Å². The van der Waals surface area contributed by atoms with Gasteiger partial charge in [0.2, 0.25) is 0 Å². The van der Waals surface area contributed by atoms with Crippen molar-refractivity contribution in [3.8, 4) is 11.8 Å². The maximum Gasteiger partial charge on any atom is 0.150 e. The van der Waals surface area contributed by atoms with Gasteiger partial charge in [-0.25, -0.2) is 0 Å². The summed E-state index contributed by atoms with van der Waals surface area (Å²) < 4.78 is 1.05. The van der Waals surface area contributed by atoms with E-state index in [-0.39, 0.29) is 0 Å². The Bertz CT molecular complexity index is 185. The zero-order chi connectivity index (χ0) is 8.32. The summed E-state index contributed by atoms with van der Waals surface area (Å²) in [5, 5.41) is 0. The lowest BCUT2D eigenvalue weighted by molar-refractivity contribution is -0.894. The molecule has 62 valence electrons. The van der Waals surface area contributed by atoms with Crippen LogP contribution in [-0.2, 0) is 0 Å². The molecular formula is C9H17N2+. The standard InChI is InChI=1S/C9H17N2/c1-11(2)8-4-6-9(11)5-3-7-10/h9H,4,6-8,10H2,1-2H3/q+1/t9-/m1/s1. The SMILES string of the molecule is C[N+]1(C)CCC[C@H]1C#CCN. The van der Waals surface area contributed by atoms with Crippen molar-refractivity contribution in [2.75, 3.05) is 27.2 Å². The van der Waals surface area contributed by atoms with Crippen LogP contribution in [0.15, 0.2) is 0 Å². The molecule has 2 N–H and O–H groups in total. The second-order valence-electron chi connectivity index (χ2n) is 3.69. The van der Waals surface area contributed by atoms with Gasteiger partial charge in [0.25, 0.3) is 0 Å². The Balaban J connectivity index is 2.58. The minimum Gasteiger partial charge on any atom is -0.320 e. The van der Waals surface area contributed by atoms with Gasteiger partial charge in [-0.05, 0) is 5.92 Å². The topological polar surface area (TPSA) is 26.0 Å². The molecule has 0 amide bonds. The van der Waals surface area contributed by atoms with E-state index < -0.39 is 0 Å². The van der Waals surface area contributed by atoms with Crippen LogP contribution in [0.5, 0.6) is 0 Å². The van der Waals surface area contributed by atoms with E-state index in [1.807, 2.05) is 0 Å². The van der Waals surface area contributed by atoms with Gasteiger partial charge >= 0.3 is 0 Å². The molecular weight excluding hydrogens is 136 g/mol. The van der Waals surface area contributed by atoms with Crippen LogP contribution in [0, 0.1) is 11.8 Å². The first kappa shape index (κ1) is 8.58. The third-order valence-corrected chi connectivity index (χ3v) is 2.43. The zero-order valence-electron chi connectivity index (χ0n) is 7.43. The first-order valence-corrected chi connectivity index (χ1v) is 4.18. The van der Waals surface area contributed by atoms with Crippen LogP contribution in [0.3, 0.4) is 0 Å². The second kappa shape index (κ2) is 3.25.